The van der Waals surface area contributed by atoms with E-state index in [0.717, 1.165) is 5.39 Å². The number of hydrogen-bond acceptors (Lipinski definition) is 4. The molecule has 1 N–H and O–H groups in total. The van der Waals surface area contributed by atoms with Crippen molar-refractivity contribution in [3.05, 3.63) is 69.3 Å². The minimum absolute atomic E-state index is 0.217. The lowest BCUT2D eigenvalue weighted by molar-refractivity contribution is -0.119. The van der Waals surface area contributed by atoms with Crippen molar-refractivity contribution in [3.63, 3.8) is 0 Å². The minimum Gasteiger partial charge on any atom is -0.452 e. The molecule has 2 aromatic carbocycles. The number of ether oxygens (including phenoxy) is 1. The van der Waals surface area contributed by atoms with Gasteiger partial charge in [0.15, 0.2) is 6.61 Å². The average Bonchev–Trinajstić information content (AvgIpc) is 2.63. The highest BCUT2D eigenvalue weighted by molar-refractivity contribution is 6.44. The largest absolute Gasteiger partial charge is 0.452 e. The molecule has 0 saturated carbocycles. The molecular weight excluding hydrogens is 399 g/mol. The third kappa shape index (κ3) is 4.25. The minimum atomic E-state index is -0.630. The lowest BCUT2D eigenvalue weighted by Gasteiger charge is -2.09. The van der Waals surface area contributed by atoms with Gasteiger partial charge in [-0.1, -0.05) is 40.9 Å². The summed E-state index contributed by atoms with van der Waals surface area (Å²) >= 11 is 17.7. The van der Waals surface area contributed by atoms with Gasteiger partial charge < -0.3 is 10.1 Å². The van der Waals surface area contributed by atoms with Gasteiger partial charge in [-0.15, -0.1) is 0 Å². The van der Waals surface area contributed by atoms with Crippen molar-refractivity contribution in [2.45, 2.75) is 0 Å². The molecule has 0 spiro atoms. The second kappa shape index (κ2) is 7.91. The molecule has 1 heterocycles. The van der Waals surface area contributed by atoms with Gasteiger partial charge in [0.25, 0.3) is 5.91 Å². The van der Waals surface area contributed by atoms with Crippen LogP contribution in [0.3, 0.4) is 0 Å². The monoisotopic (exact) mass is 408 g/mol. The van der Waals surface area contributed by atoms with Gasteiger partial charge in [0.1, 0.15) is 5.15 Å². The van der Waals surface area contributed by atoms with Crippen LogP contribution < -0.4 is 5.32 Å². The lowest BCUT2D eigenvalue weighted by atomic mass is 10.1. The molecule has 0 unspecified atom stereocenters. The first-order valence-electron chi connectivity index (χ1n) is 7.41. The highest BCUT2D eigenvalue weighted by atomic mass is 35.5. The highest BCUT2D eigenvalue weighted by Crippen LogP contribution is 2.29. The smallest absolute Gasteiger partial charge is 0.338 e. The van der Waals surface area contributed by atoms with Crippen LogP contribution in [-0.4, -0.2) is 23.5 Å². The summed E-state index contributed by atoms with van der Waals surface area (Å²) in [5.41, 5.74) is 1.30. The molecule has 0 saturated heterocycles. The molecule has 5 nitrogen and oxygen atoms in total. The molecule has 0 bridgehead atoms. The number of nitrogens with zero attached hydrogens (tertiary/aromatic N) is 1. The van der Waals surface area contributed by atoms with Gasteiger partial charge in [0.05, 0.1) is 26.8 Å². The van der Waals surface area contributed by atoms with Gasteiger partial charge in [0, 0.05) is 5.39 Å². The van der Waals surface area contributed by atoms with Gasteiger partial charge >= 0.3 is 5.97 Å². The van der Waals surface area contributed by atoms with Crippen LogP contribution in [0.25, 0.3) is 10.9 Å². The number of hydrogen-bond donors (Lipinski definition) is 1. The molecule has 0 aliphatic carbocycles. The molecule has 132 valence electrons. The SMILES string of the molecule is O=C(COC(=O)c1ccc2nc(Cl)ccc2c1)Nc1cccc(Cl)c1Cl. The molecule has 0 fully saturated rings. The van der Waals surface area contributed by atoms with Gasteiger partial charge in [0.2, 0.25) is 0 Å². The predicted octanol–water partition coefficient (Wildman–Crippen LogP) is 4.99. The van der Waals surface area contributed by atoms with E-state index in [1.807, 2.05) is 0 Å². The van der Waals surface area contributed by atoms with Crippen molar-refractivity contribution in [2.24, 2.45) is 0 Å². The fourth-order valence-corrected chi connectivity index (χ4v) is 2.73. The standard InChI is InChI=1S/C18H11Cl3N2O3/c19-12-2-1-3-14(17(12)21)23-16(24)9-26-18(25)11-4-6-13-10(8-11)5-7-15(20)22-13/h1-8H,9H2,(H,23,24). The number of fused-ring (bicyclic) bond motifs is 1. The summed E-state index contributed by atoms with van der Waals surface area (Å²) in [5, 5.41) is 4.17. The number of amides is 1. The number of carbonyl (C=O) groups excluding carboxylic acids is 2. The molecule has 1 aromatic heterocycles. The summed E-state index contributed by atoms with van der Waals surface area (Å²) in [5.74, 6) is -1.16. The third-order valence-electron chi connectivity index (χ3n) is 3.45. The van der Waals surface area contributed by atoms with Crippen LogP contribution in [0.15, 0.2) is 48.5 Å². The van der Waals surface area contributed by atoms with E-state index in [1.54, 1.807) is 48.5 Å². The first-order chi connectivity index (χ1) is 12.4. The predicted molar refractivity (Wildman–Crippen MR) is 102 cm³/mol. The van der Waals surface area contributed by atoms with Crippen molar-refractivity contribution in [2.75, 3.05) is 11.9 Å². The van der Waals surface area contributed by atoms with Gasteiger partial charge in [-0.05, 0) is 42.5 Å². The number of aromatic nitrogens is 1. The molecule has 1 amide bonds. The van der Waals surface area contributed by atoms with E-state index in [2.05, 4.69) is 10.3 Å². The van der Waals surface area contributed by atoms with Crippen LogP contribution in [0.4, 0.5) is 5.69 Å². The third-order valence-corrected chi connectivity index (χ3v) is 4.48. The Morgan fingerprint density at radius 2 is 1.85 bits per heavy atom. The molecule has 8 heteroatoms. The van der Waals surface area contributed by atoms with E-state index >= 15 is 0 Å². The van der Waals surface area contributed by atoms with Crippen LogP contribution in [-0.2, 0) is 9.53 Å². The Balaban J connectivity index is 1.64. The van der Waals surface area contributed by atoms with Gasteiger partial charge in [-0.3, -0.25) is 4.79 Å². The van der Waals surface area contributed by atoms with Crippen LogP contribution >= 0.6 is 34.8 Å². The summed E-state index contributed by atoms with van der Waals surface area (Å²) in [6.45, 7) is -0.460. The summed E-state index contributed by atoms with van der Waals surface area (Å²) in [6.07, 6.45) is 0. The number of esters is 1. The van der Waals surface area contributed by atoms with Crippen molar-refractivity contribution in [1.29, 1.82) is 0 Å². The molecule has 0 radical (unpaired) electrons. The quantitative estimate of drug-likeness (QED) is 0.487. The fourth-order valence-electron chi connectivity index (χ4n) is 2.23. The number of carbonyl (C=O) groups is 2. The lowest BCUT2D eigenvalue weighted by Crippen LogP contribution is -2.21. The highest BCUT2D eigenvalue weighted by Gasteiger charge is 2.13. The molecule has 0 atom stereocenters. The molecule has 0 aliphatic rings. The van der Waals surface area contributed by atoms with Crippen molar-refractivity contribution in [3.8, 4) is 0 Å². The number of anilines is 1. The van der Waals surface area contributed by atoms with E-state index < -0.39 is 18.5 Å². The number of benzene rings is 2. The Kier molecular flexibility index (Phi) is 5.61. The number of halogens is 3. The molecule has 3 rings (SSSR count). The first kappa shape index (κ1) is 18.5. The zero-order valence-corrected chi connectivity index (χ0v) is 15.4. The van der Waals surface area contributed by atoms with E-state index in [-0.39, 0.29) is 5.02 Å². The van der Waals surface area contributed by atoms with E-state index in [4.69, 9.17) is 39.5 Å². The molecular formula is C18H11Cl3N2O3. The maximum atomic E-state index is 12.1. The second-order valence-corrected chi connectivity index (χ2v) is 6.44. The average molecular weight is 410 g/mol. The van der Waals surface area contributed by atoms with E-state index in [9.17, 15) is 9.59 Å². The van der Waals surface area contributed by atoms with Crippen LogP contribution in [0, 0.1) is 0 Å². The van der Waals surface area contributed by atoms with Crippen LogP contribution in [0.5, 0.6) is 0 Å². The van der Waals surface area contributed by atoms with Crippen molar-refractivity contribution in [1.82, 2.24) is 4.98 Å². The van der Waals surface area contributed by atoms with Crippen molar-refractivity contribution >= 4 is 63.3 Å². The zero-order chi connectivity index (χ0) is 18.7. The topological polar surface area (TPSA) is 68.3 Å². The number of pyridine rings is 1. The maximum Gasteiger partial charge on any atom is 0.338 e. The fraction of sp³-hybridized carbons (Fsp3) is 0.0556. The number of nitrogens with one attached hydrogen (secondary N) is 1. The van der Waals surface area contributed by atoms with Crippen LogP contribution in [0.1, 0.15) is 10.4 Å². The van der Waals surface area contributed by atoms with Gasteiger partial charge in [-0.2, -0.15) is 0 Å². The molecule has 3 aromatic rings. The summed E-state index contributed by atoms with van der Waals surface area (Å²) < 4.78 is 5.03. The Labute approximate surface area is 163 Å². The van der Waals surface area contributed by atoms with E-state index in [0.29, 0.717) is 26.9 Å². The Bertz CT molecular complexity index is 1010. The van der Waals surface area contributed by atoms with Gasteiger partial charge in [-0.25, -0.2) is 9.78 Å². The van der Waals surface area contributed by atoms with Crippen LogP contribution in [0.2, 0.25) is 15.2 Å². The molecule has 0 aliphatic heterocycles. The Morgan fingerprint density at radius 3 is 2.65 bits per heavy atom. The maximum absolute atomic E-state index is 12.1. The first-order valence-corrected chi connectivity index (χ1v) is 8.55. The normalized spacial score (nSPS) is 10.6. The Hall–Kier alpha value is -2.34. The number of rotatable bonds is 4. The summed E-state index contributed by atoms with van der Waals surface area (Å²) in [6, 6.07) is 13.0. The Morgan fingerprint density at radius 1 is 1.04 bits per heavy atom. The summed E-state index contributed by atoms with van der Waals surface area (Å²) in [7, 11) is 0. The second-order valence-electron chi connectivity index (χ2n) is 5.27. The van der Waals surface area contributed by atoms with Crippen molar-refractivity contribution < 1.29 is 14.3 Å². The summed E-state index contributed by atoms with van der Waals surface area (Å²) in [4.78, 5) is 28.2. The van der Waals surface area contributed by atoms with E-state index in [1.165, 1.54) is 0 Å². The molecule has 26 heavy (non-hydrogen) atoms. The zero-order valence-electron chi connectivity index (χ0n) is 13.1.